The highest BCUT2D eigenvalue weighted by atomic mass is 16.3. The van der Waals surface area contributed by atoms with Crippen LogP contribution in [-0.4, -0.2) is 48.4 Å². The molecule has 0 saturated carbocycles. The van der Waals surface area contributed by atoms with Crippen LogP contribution in [0.1, 0.15) is 49.6 Å². The molecular formula is C22H31N3O2. The first kappa shape index (κ1) is 19.6. The Kier molecular flexibility index (Phi) is 6.69. The van der Waals surface area contributed by atoms with Crippen LogP contribution in [0.4, 0.5) is 0 Å². The van der Waals surface area contributed by atoms with E-state index in [2.05, 4.69) is 53.2 Å². The molecule has 0 radical (unpaired) electrons. The standard InChI is InChI=1S/C22H31N3O2/c1-17(2)20-8-6-19(7-9-20)15-24-10-12-25(13-11-24)16-22(26)23-18(3)21-5-4-14-27-21/h4-9,14,17-18H,10-13,15-16H2,1-3H3,(H,23,26)/t18-/m1/s1. The highest BCUT2D eigenvalue weighted by Crippen LogP contribution is 2.16. The number of hydrogen-bond acceptors (Lipinski definition) is 4. The fraction of sp³-hybridized carbons (Fsp3) is 0.500. The minimum atomic E-state index is -0.0948. The maximum Gasteiger partial charge on any atom is 0.234 e. The van der Waals surface area contributed by atoms with Crippen LogP contribution >= 0.6 is 0 Å². The second-order valence-corrected chi connectivity index (χ2v) is 7.75. The first-order chi connectivity index (χ1) is 13.0. The normalized spacial score (nSPS) is 17.2. The number of carbonyl (C=O) groups excluding carboxylic acids is 1. The number of piperazine rings is 1. The summed E-state index contributed by atoms with van der Waals surface area (Å²) in [6.07, 6.45) is 1.63. The van der Waals surface area contributed by atoms with Crippen LogP contribution in [-0.2, 0) is 11.3 Å². The Bertz CT molecular complexity index is 702. The van der Waals surface area contributed by atoms with E-state index in [1.807, 2.05) is 19.1 Å². The summed E-state index contributed by atoms with van der Waals surface area (Å²) in [5.41, 5.74) is 2.75. The lowest BCUT2D eigenvalue weighted by Crippen LogP contribution is -2.49. The van der Waals surface area contributed by atoms with Crippen LogP contribution < -0.4 is 5.32 Å². The number of nitrogens with one attached hydrogen (secondary N) is 1. The van der Waals surface area contributed by atoms with Gasteiger partial charge in [-0.3, -0.25) is 14.6 Å². The molecule has 3 rings (SSSR count). The topological polar surface area (TPSA) is 48.7 Å². The van der Waals surface area contributed by atoms with Gasteiger partial charge in [0.2, 0.25) is 5.91 Å². The first-order valence-electron chi connectivity index (χ1n) is 9.87. The molecule has 5 nitrogen and oxygen atoms in total. The number of benzene rings is 1. The van der Waals surface area contributed by atoms with Gasteiger partial charge in [0.25, 0.3) is 0 Å². The summed E-state index contributed by atoms with van der Waals surface area (Å²) in [5, 5.41) is 3.01. The minimum Gasteiger partial charge on any atom is -0.467 e. The van der Waals surface area contributed by atoms with Crippen LogP contribution in [0.5, 0.6) is 0 Å². The molecule has 1 amide bonds. The molecule has 1 atom stereocenters. The van der Waals surface area contributed by atoms with Gasteiger partial charge >= 0.3 is 0 Å². The lowest BCUT2D eigenvalue weighted by atomic mass is 10.0. The van der Waals surface area contributed by atoms with Crippen molar-refractivity contribution in [2.45, 2.75) is 39.3 Å². The molecule has 1 aromatic carbocycles. The Hall–Kier alpha value is -2.11. The Labute approximate surface area is 162 Å². The van der Waals surface area contributed by atoms with Gasteiger partial charge in [0, 0.05) is 32.7 Å². The van der Waals surface area contributed by atoms with Gasteiger partial charge in [-0.05, 0) is 36.1 Å². The number of furan rings is 1. The molecule has 1 fully saturated rings. The lowest BCUT2D eigenvalue weighted by Gasteiger charge is -2.34. The number of rotatable bonds is 7. The van der Waals surface area contributed by atoms with Gasteiger partial charge in [0.1, 0.15) is 5.76 Å². The summed E-state index contributed by atoms with van der Waals surface area (Å²) in [6.45, 7) is 11.6. The summed E-state index contributed by atoms with van der Waals surface area (Å²) in [4.78, 5) is 17.0. The summed E-state index contributed by atoms with van der Waals surface area (Å²) >= 11 is 0. The zero-order valence-corrected chi connectivity index (χ0v) is 16.6. The zero-order valence-electron chi connectivity index (χ0n) is 16.6. The van der Waals surface area contributed by atoms with Crippen molar-refractivity contribution in [1.82, 2.24) is 15.1 Å². The average Bonchev–Trinajstić information content (AvgIpc) is 3.18. The predicted molar refractivity (Wildman–Crippen MR) is 108 cm³/mol. The second-order valence-electron chi connectivity index (χ2n) is 7.75. The van der Waals surface area contributed by atoms with Gasteiger partial charge in [-0.2, -0.15) is 0 Å². The van der Waals surface area contributed by atoms with E-state index in [0.29, 0.717) is 12.5 Å². The maximum absolute atomic E-state index is 12.3. The molecule has 1 aliphatic rings. The second kappa shape index (κ2) is 9.20. The Balaban J connectivity index is 1.40. The van der Waals surface area contributed by atoms with Gasteiger partial charge < -0.3 is 9.73 Å². The SMILES string of the molecule is CC(C)c1ccc(CN2CCN(CC(=O)N[C@H](C)c3ccco3)CC2)cc1. The van der Waals surface area contributed by atoms with Gasteiger partial charge in [0.05, 0.1) is 18.8 Å². The van der Waals surface area contributed by atoms with Crippen LogP contribution in [0.3, 0.4) is 0 Å². The van der Waals surface area contributed by atoms with E-state index in [1.54, 1.807) is 6.26 Å². The average molecular weight is 370 g/mol. The molecule has 5 heteroatoms. The molecule has 0 spiro atoms. The third kappa shape index (κ3) is 5.68. The molecular weight excluding hydrogens is 338 g/mol. The van der Waals surface area contributed by atoms with Gasteiger partial charge in [-0.25, -0.2) is 0 Å². The van der Waals surface area contributed by atoms with E-state index >= 15 is 0 Å². The van der Waals surface area contributed by atoms with Crippen LogP contribution in [0.15, 0.2) is 47.1 Å². The molecule has 0 aliphatic carbocycles. The van der Waals surface area contributed by atoms with E-state index in [4.69, 9.17) is 4.42 Å². The van der Waals surface area contributed by atoms with Crippen molar-refractivity contribution in [3.63, 3.8) is 0 Å². The third-order valence-electron chi connectivity index (χ3n) is 5.23. The number of carbonyl (C=O) groups is 1. The van der Waals surface area contributed by atoms with Crippen molar-refractivity contribution in [2.75, 3.05) is 32.7 Å². The summed E-state index contributed by atoms with van der Waals surface area (Å²) in [7, 11) is 0. The Morgan fingerprint density at radius 1 is 1.04 bits per heavy atom. The monoisotopic (exact) mass is 369 g/mol. The fourth-order valence-electron chi connectivity index (χ4n) is 3.47. The van der Waals surface area contributed by atoms with Crippen molar-refractivity contribution in [1.29, 1.82) is 0 Å². The molecule has 2 heterocycles. The van der Waals surface area contributed by atoms with E-state index in [9.17, 15) is 4.79 Å². The van der Waals surface area contributed by atoms with E-state index in [0.717, 1.165) is 38.5 Å². The van der Waals surface area contributed by atoms with E-state index in [-0.39, 0.29) is 11.9 Å². The first-order valence-corrected chi connectivity index (χ1v) is 9.87. The van der Waals surface area contributed by atoms with Gasteiger partial charge in [-0.15, -0.1) is 0 Å². The Morgan fingerprint density at radius 3 is 2.30 bits per heavy atom. The Morgan fingerprint density at radius 2 is 1.70 bits per heavy atom. The molecule has 0 unspecified atom stereocenters. The summed E-state index contributed by atoms with van der Waals surface area (Å²) < 4.78 is 5.34. The minimum absolute atomic E-state index is 0.0524. The molecule has 0 bridgehead atoms. The van der Waals surface area contributed by atoms with Crippen molar-refractivity contribution < 1.29 is 9.21 Å². The maximum atomic E-state index is 12.3. The molecule has 27 heavy (non-hydrogen) atoms. The van der Waals surface area contributed by atoms with Gasteiger partial charge in [0.15, 0.2) is 0 Å². The van der Waals surface area contributed by atoms with Crippen molar-refractivity contribution >= 4 is 5.91 Å². The molecule has 1 N–H and O–H groups in total. The van der Waals surface area contributed by atoms with Crippen LogP contribution in [0, 0.1) is 0 Å². The van der Waals surface area contributed by atoms with Gasteiger partial charge in [-0.1, -0.05) is 38.1 Å². The number of amides is 1. The molecule has 2 aromatic rings. The third-order valence-corrected chi connectivity index (χ3v) is 5.23. The molecule has 1 saturated heterocycles. The summed E-state index contributed by atoms with van der Waals surface area (Å²) in [5.74, 6) is 1.41. The quantitative estimate of drug-likeness (QED) is 0.813. The van der Waals surface area contributed by atoms with Crippen molar-refractivity contribution in [3.05, 3.63) is 59.5 Å². The molecule has 146 valence electrons. The summed E-state index contributed by atoms with van der Waals surface area (Å²) in [6, 6.07) is 12.6. The van der Waals surface area contributed by atoms with Crippen molar-refractivity contribution in [3.8, 4) is 0 Å². The fourth-order valence-corrected chi connectivity index (χ4v) is 3.47. The highest BCUT2D eigenvalue weighted by Gasteiger charge is 2.20. The molecule has 1 aromatic heterocycles. The van der Waals surface area contributed by atoms with E-state index < -0.39 is 0 Å². The highest BCUT2D eigenvalue weighted by molar-refractivity contribution is 5.78. The number of nitrogens with zero attached hydrogens (tertiary/aromatic N) is 2. The molecule has 1 aliphatic heterocycles. The predicted octanol–water partition coefficient (Wildman–Crippen LogP) is 3.40. The largest absolute Gasteiger partial charge is 0.467 e. The smallest absolute Gasteiger partial charge is 0.234 e. The lowest BCUT2D eigenvalue weighted by molar-refractivity contribution is -0.123. The van der Waals surface area contributed by atoms with Crippen LogP contribution in [0.25, 0.3) is 0 Å². The zero-order chi connectivity index (χ0) is 19.2. The van der Waals surface area contributed by atoms with Crippen molar-refractivity contribution in [2.24, 2.45) is 0 Å². The van der Waals surface area contributed by atoms with Crippen LogP contribution in [0.2, 0.25) is 0 Å². The number of hydrogen-bond donors (Lipinski definition) is 1. The van der Waals surface area contributed by atoms with E-state index in [1.165, 1.54) is 11.1 Å².